The number of carbonyl (C=O) groups excluding carboxylic acids is 1. The second-order valence-corrected chi connectivity index (χ2v) is 12.5. The molecule has 2 aromatic carbocycles. The highest BCUT2D eigenvalue weighted by atomic mass is 16.3. The van der Waals surface area contributed by atoms with Crippen LogP contribution in [-0.4, -0.2) is 88.3 Å². The van der Waals surface area contributed by atoms with Gasteiger partial charge in [-0.25, -0.2) is 4.98 Å². The fraction of sp³-hybridized carbons (Fsp3) is 0.533. The number of imidazole rings is 1. The van der Waals surface area contributed by atoms with Gasteiger partial charge in [0.05, 0.1) is 23.2 Å². The number of nitrogens with zero attached hydrogens (tertiary/aromatic N) is 4. The van der Waals surface area contributed by atoms with Crippen LogP contribution in [0.5, 0.6) is 5.75 Å². The van der Waals surface area contributed by atoms with Gasteiger partial charge in [-0.3, -0.25) is 9.69 Å². The number of aromatic nitrogens is 2. The van der Waals surface area contributed by atoms with Gasteiger partial charge in [-0.2, -0.15) is 0 Å². The minimum Gasteiger partial charge on any atom is -0.507 e. The second-order valence-electron chi connectivity index (χ2n) is 12.5. The summed E-state index contributed by atoms with van der Waals surface area (Å²) in [5.41, 5.74) is 6.30. The Morgan fingerprint density at radius 3 is 2.42 bits per heavy atom. The van der Waals surface area contributed by atoms with Crippen LogP contribution >= 0.6 is 0 Å². The number of hydrogen-bond acceptors (Lipinski definition) is 6. The lowest BCUT2D eigenvalue weighted by atomic mass is 9.68. The van der Waals surface area contributed by atoms with Gasteiger partial charge in [0.15, 0.2) is 0 Å². The molecule has 1 fully saturated rings. The predicted molar refractivity (Wildman–Crippen MR) is 150 cm³/mol. The summed E-state index contributed by atoms with van der Waals surface area (Å²) in [5, 5.41) is 20.9. The van der Waals surface area contributed by atoms with Gasteiger partial charge in [-0.05, 0) is 53.5 Å². The molecule has 3 aliphatic rings. The molecule has 0 bridgehead atoms. The number of rotatable bonds is 4. The minimum absolute atomic E-state index is 0.00323. The van der Waals surface area contributed by atoms with Crippen molar-refractivity contribution >= 4 is 22.6 Å². The number of fused-ring (bicyclic) bond motifs is 1. The van der Waals surface area contributed by atoms with Crippen molar-refractivity contribution < 1.29 is 15.0 Å². The quantitative estimate of drug-likeness (QED) is 0.487. The fourth-order valence-corrected chi connectivity index (χ4v) is 6.52. The lowest BCUT2D eigenvalue weighted by Gasteiger charge is -2.48. The number of aliphatic hydroxyl groups excluding tert-OH is 1. The number of H-pyrrole nitrogens is 1. The Balaban J connectivity index is 1.37. The first-order valence-electron chi connectivity index (χ1n) is 13.9. The molecule has 8 nitrogen and oxygen atoms in total. The zero-order valence-corrected chi connectivity index (χ0v) is 23.0. The number of aliphatic hydroxyl groups is 1. The maximum absolute atomic E-state index is 13.2. The van der Waals surface area contributed by atoms with E-state index in [-0.39, 0.29) is 23.3 Å². The third-order valence-corrected chi connectivity index (χ3v) is 9.07. The molecule has 4 heterocycles. The molecule has 3 aliphatic heterocycles. The van der Waals surface area contributed by atoms with Gasteiger partial charge < -0.3 is 25.0 Å². The van der Waals surface area contributed by atoms with Crippen molar-refractivity contribution in [2.24, 2.45) is 0 Å². The smallest absolute Gasteiger partial charge is 0.254 e. The number of β-amino-alcohol motifs (C(OH)–C–C–N with tert-alkyl or cyclic N) is 1. The molecular formula is C30H39N5O3. The third kappa shape index (κ3) is 4.05. The summed E-state index contributed by atoms with van der Waals surface area (Å²) in [5.74, 6) is 0.955. The normalized spacial score (nSPS) is 20.6. The van der Waals surface area contributed by atoms with E-state index in [0.29, 0.717) is 36.8 Å². The first kappa shape index (κ1) is 25.2. The minimum atomic E-state index is -0.138. The van der Waals surface area contributed by atoms with E-state index in [1.54, 1.807) is 0 Å². The van der Waals surface area contributed by atoms with E-state index in [0.717, 1.165) is 61.2 Å². The summed E-state index contributed by atoms with van der Waals surface area (Å²) in [7, 11) is 0. The Bertz CT molecular complexity index is 1400. The van der Waals surface area contributed by atoms with E-state index in [9.17, 15) is 15.0 Å². The van der Waals surface area contributed by atoms with Crippen molar-refractivity contribution in [1.82, 2.24) is 19.8 Å². The van der Waals surface area contributed by atoms with Crippen molar-refractivity contribution in [3.8, 4) is 17.1 Å². The van der Waals surface area contributed by atoms with E-state index < -0.39 is 0 Å². The molecular weight excluding hydrogens is 478 g/mol. The van der Waals surface area contributed by atoms with Crippen LogP contribution in [0.3, 0.4) is 0 Å². The van der Waals surface area contributed by atoms with Crippen molar-refractivity contribution in [2.75, 3.05) is 57.3 Å². The maximum Gasteiger partial charge on any atom is 0.254 e. The average Bonchev–Trinajstić information content (AvgIpc) is 3.31. The summed E-state index contributed by atoms with van der Waals surface area (Å²) in [6, 6.07) is 7.75. The molecule has 8 heteroatoms. The Morgan fingerprint density at radius 1 is 1.00 bits per heavy atom. The van der Waals surface area contributed by atoms with Gasteiger partial charge in [0.2, 0.25) is 0 Å². The van der Waals surface area contributed by atoms with Gasteiger partial charge in [-0.1, -0.05) is 27.7 Å². The highest BCUT2D eigenvalue weighted by molar-refractivity contribution is 5.98. The van der Waals surface area contributed by atoms with Crippen LogP contribution in [0.1, 0.15) is 62.0 Å². The van der Waals surface area contributed by atoms with E-state index in [2.05, 4.69) is 48.5 Å². The summed E-state index contributed by atoms with van der Waals surface area (Å²) in [6.07, 6.45) is 2.07. The van der Waals surface area contributed by atoms with Crippen LogP contribution < -0.4 is 4.90 Å². The monoisotopic (exact) mass is 517 g/mol. The molecule has 202 valence electrons. The van der Waals surface area contributed by atoms with E-state index in [1.165, 1.54) is 11.3 Å². The van der Waals surface area contributed by atoms with E-state index >= 15 is 0 Å². The molecule has 6 rings (SSSR count). The molecule has 3 aromatic rings. The Kier molecular flexibility index (Phi) is 5.96. The fourth-order valence-electron chi connectivity index (χ4n) is 6.52. The third-order valence-electron chi connectivity index (χ3n) is 9.07. The summed E-state index contributed by atoms with van der Waals surface area (Å²) in [4.78, 5) is 28.0. The molecule has 0 saturated carbocycles. The van der Waals surface area contributed by atoms with Gasteiger partial charge in [0.1, 0.15) is 11.6 Å². The number of aromatic amines is 1. The predicted octanol–water partition coefficient (Wildman–Crippen LogP) is 3.85. The topological polar surface area (TPSA) is 95.9 Å². The zero-order chi connectivity index (χ0) is 26.8. The number of nitrogens with one attached hydrogen (secondary N) is 1. The van der Waals surface area contributed by atoms with Crippen molar-refractivity contribution in [1.29, 1.82) is 0 Å². The van der Waals surface area contributed by atoms with Crippen LogP contribution in [-0.2, 0) is 10.8 Å². The molecule has 38 heavy (non-hydrogen) atoms. The maximum atomic E-state index is 13.2. The zero-order valence-electron chi connectivity index (χ0n) is 23.0. The first-order chi connectivity index (χ1) is 18.1. The lowest BCUT2D eigenvalue weighted by Crippen LogP contribution is -2.49. The first-order valence-corrected chi connectivity index (χ1v) is 13.9. The number of phenolic OH excluding ortho intramolecular Hbond substituents is 1. The number of carbonyl (C=O) groups is 1. The van der Waals surface area contributed by atoms with Gasteiger partial charge in [0, 0.05) is 62.6 Å². The largest absolute Gasteiger partial charge is 0.507 e. The number of piperazine rings is 1. The Labute approximate surface area is 224 Å². The van der Waals surface area contributed by atoms with Crippen LogP contribution in [0.4, 0.5) is 5.69 Å². The standard InChI is InChI=1S/C30H39N5O3/c1-29(2)7-9-34-10-8-30(3,4)24-25(34)21(29)18-20(26(24)37)27-31-22-6-5-19(17-23(22)32-27)28(38)35-13-11-33(12-14-35)15-16-36/h5-6,17-18,36-37H,7-16H2,1-4H3,(H,31,32). The summed E-state index contributed by atoms with van der Waals surface area (Å²) in [6.45, 7) is 14.7. The molecule has 1 aromatic heterocycles. The Morgan fingerprint density at radius 2 is 1.71 bits per heavy atom. The highest BCUT2D eigenvalue weighted by Gasteiger charge is 2.42. The molecule has 0 unspecified atom stereocenters. The summed E-state index contributed by atoms with van der Waals surface area (Å²) < 4.78 is 0. The van der Waals surface area contributed by atoms with Gasteiger partial charge in [0.25, 0.3) is 5.91 Å². The number of anilines is 1. The van der Waals surface area contributed by atoms with Crippen molar-refractivity contribution in [2.45, 2.75) is 51.4 Å². The second kappa shape index (κ2) is 8.99. The number of hydrogen-bond donors (Lipinski definition) is 3. The lowest BCUT2D eigenvalue weighted by molar-refractivity contribution is 0.0615. The molecule has 0 spiro atoms. The van der Waals surface area contributed by atoms with Crippen molar-refractivity contribution in [3.63, 3.8) is 0 Å². The summed E-state index contributed by atoms with van der Waals surface area (Å²) >= 11 is 0. The average molecular weight is 518 g/mol. The van der Waals surface area contributed by atoms with Gasteiger partial charge in [-0.15, -0.1) is 0 Å². The van der Waals surface area contributed by atoms with Crippen LogP contribution in [0, 0.1) is 0 Å². The number of phenols is 1. The number of amides is 1. The number of aromatic hydroxyl groups is 1. The van der Waals surface area contributed by atoms with Crippen LogP contribution in [0.15, 0.2) is 24.3 Å². The van der Waals surface area contributed by atoms with Crippen LogP contribution in [0.2, 0.25) is 0 Å². The molecule has 0 aliphatic carbocycles. The highest BCUT2D eigenvalue weighted by Crippen LogP contribution is 2.54. The van der Waals surface area contributed by atoms with Crippen LogP contribution in [0.25, 0.3) is 22.4 Å². The van der Waals surface area contributed by atoms with E-state index in [4.69, 9.17) is 4.98 Å². The molecule has 0 radical (unpaired) electrons. The molecule has 0 atom stereocenters. The molecule has 3 N–H and O–H groups in total. The van der Waals surface area contributed by atoms with E-state index in [1.807, 2.05) is 23.1 Å². The SMILES string of the molecule is CC1(C)CCN2CCC(C)(C)c3c(O)c(-c4nc5ccc(C(=O)N6CCN(CCO)CC6)cc5[nH]4)cc1c32. The van der Waals surface area contributed by atoms with Crippen molar-refractivity contribution in [3.05, 3.63) is 41.0 Å². The Hall–Kier alpha value is -3.10. The van der Waals surface area contributed by atoms with Gasteiger partial charge >= 0.3 is 0 Å². The molecule has 1 amide bonds. The number of benzene rings is 2. The molecule has 1 saturated heterocycles.